The van der Waals surface area contributed by atoms with E-state index in [2.05, 4.69) is 31.9 Å². The number of carboxylic acid groups (broad SMARTS) is 1. The van der Waals surface area contributed by atoms with E-state index in [1.54, 1.807) is 0 Å². The molecule has 0 saturated carbocycles. The van der Waals surface area contributed by atoms with Gasteiger partial charge in [0.15, 0.2) is 4.75 Å². The number of ether oxygens (including phenoxy) is 3. The van der Waals surface area contributed by atoms with Gasteiger partial charge in [-0.05, 0) is 120 Å². The molecule has 22 heteroatoms. The molecular weight excluding hydrogens is 1350 g/mol. The maximum Gasteiger partial charge on any atom is 0.407 e. The zero-order valence-corrected chi connectivity index (χ0v) is 60.4. The van der Waals surface area contributed by atoms with Crippen molar-refractivity contribution in [3.63, 3.8) is 0 Å². The van der Waals surface area contributed by atoms with Crippen LogP contribution in [-0.2, 0) is 65.8 Å². The molecule has 0 spiro atoms. The summed E-state index contributed by atoms with van der Waals surface area (Å²) in [7, 11) is 2.72. The van der Waals surface area contributed by atoms with Gasteiger partial charge in [-0.3, -0.25) is 38.4 Å². The zero-order chi connectivity index (χ0) is 75.0. The van der Waals surface area contributed by atoms with E-state index >= 15 is 0 Å². The number of thioether (sulfide) groups is 1. The van der Waals surface area contributed by atoms with E-state index in [9.17, 15) is 43.2 Å². The number of rotatable bonds is 14. The van der Waals surface area contributed by atoms with Crippen LogP contribution in [0.25, 0.3) is 0 Å². The average molecular weight is 1450 g/mol. The van der Waals surface area contributed by atoms with Crippen LogP contribution in [0.3, 0.4) is 0 Å². The smallest absolute Gasteiger partial charge is 0.407 e. The highest BCUT2D eigenvalue weighted by Gasteiger charge is 2.56. The van der Waals surface area contributed by atoms with Gasteiger partial charge >= 0.3 is 24.0 Å². The monoisotopic (exact) mass is 1450 g/mol. The maximum atomic E-state index is 12.8. The van der Waals surface area contributed by atoms with Crippen molar-refractivity contribution in [3.8, 4) is 0 Å². The van der Waals surface area contributed by atoms with Crippen molar-refractivity contribution in [3.05, 3.63) is 279 Å². The summed E-state index contributed by atoms with van der Waals surface area (Å²) in [6.07, 6.45) is 0.522. The molecule has 8 aromatic rings. The minimum atomic E-state index is -1.02. The highest BCUT2D eigenvalue weighted by atomic mass is 32.2. The van der Waals surface area contributed by atoms with Gasteiger partial charge in [0.25, 0.3) is 0 Å². The van der Waals surface area contributed by atoms with E-state index in [1.165, 1.54) is 31.5 Å². The van der Waals surface area contributed by atoms with Gasteiger partial charge in [0.05, 0.1) is 75.3 Å². The lowest BCUT2D eigenvalue weighted by atomic mass is 9.90. The molecule has 5 fully saturated rings. The normalized spacial score (nSPS) is 21.5. The Hall–Kier alpha value is -10.9. The van der Waals surface area contributed by atoms with Crippen LogP contribution in [0.1, 0.15) is 142 Å². The molecule has 0 bridgehead atoms. The molecule has 21 nitrogen and oxygen atoms in total. The molecule has 552 valence electrons. The molecule has 5 aliphatic rings. The van der Waals surface area contributed by atoms with Crippen molar-refractivity contribution < 1.29 is 67.6 Å². The molecule has 5 unspecified atom stereocenters. The van der Waals surface area contributed by atoms with Gasteiger partial charge in [0.1, 0.15) is 6.61 Å². The fourth-order valence-electron chi connectivity index (χ4n) is 13.0. The standard InChI is InChI=1S/C20H21NO3S.C19H20N2O3.C13H15NO3.C12H13NO3.C11H14N2O.C7H8O.CH4/c1-13-8-10-15(11-9-13)25-20(19(23)24-3)12-17(22)21-18(20)16-7-5-4-6-14(16)2;1-13-7-5-6-10-15(13)18-16(11-17(22)21-18)20-19(23)24-12-14-8-3-2-4-9-14;1-8-5-3-4-6-9(8)12-10(13(16)17-2)7-11(15)14-12;1-7-4-2-3-5-8(7)11-9(12(15)16)6-10(14)13-11;1-7-4-2-3-5-8(7)11-9(12)6-10(14)13-11;8-6-7-4-2-1-3-5-7;/h4-11,18H,12H2,1-3H3,(H,21,22);2-10,16,18H,11-12H2,1H3,(H,20,23)(H,21,22);3-6,10,12H,7H2,1-2H3,(H,14,15);2-5,9,11H,6H2,1H3,(H,13,14)(H,15,16);2-5,9,11H,6,12H2,1H3,(H,13,14);1-5,8H,6H2;1H4/t18?,20-;16-,18+;;2*9-,11?;;/m10.00../s1. The van der Waals surface area contributed by atoms with E-state index < -0.39 is 40.7 Å². The van der Waals surface area contributed by atoms with Gasteiger partial charge in [-0.1, -0.05) is 207 Å². The zero-order valence-electron chi connectivity index (χ0n) is 59.6. The second-order valence-electron chi connectivity index (χ2n) is 25.9. The van der Waals surface area contributed by atoms with Gasteiger partial charge < -0.3 is 62.1 Å². The van der Waals surface area contributed by atoms with Crippen molar-refractivity contribution in [1.82, 2.24) is 31.9 Å². The Morgan fingerprint density at radius 2 is 0.876 bits per heavy atom. The van der Waals surface area contributed by atoms with Crippen molar-refractivity contribution >= 4 is 65.3 Å². The number of hydrogen-bond acceptors (Lipinski definition) is 15. The van der Waals surface area contributed by atoms with Crippen molar-refractivity contribution in [2.75, 3.05) is 14.2 Å². The van der Waals surface area contributed by atoms with Crippen LogP contribution in [0.15, 0.2) is 211 Å². The Kier molecular flexibility index (Phi) is 30.3. The van der Waals surface area contributed by atoms with E-state index in [-0.39, 0.29) is 118 Å². The number of aryl methyl sites for hydroxylation is 6. The number of aliphatic carboxylic acids is 1. The largest absolute Gasteiger partial charge is 0.481 e. The number of carboxylic acids is 1. The second kappa shape index (κ2) is 39.1. The molecule has 0 aliphatic carbocycles. The Bertz CT molecular complexity index is 4300. The number of carbonyl (C=O) groups is 9. The summed E-state index contributed by atoms with van der Waals surface area (Å²) in [5.74, 6) is -3.19. The predicted octanol–water partition coefficient (Wildman–Crippen LogP) is 11.7. The summed E-state index contributed by atoms with van der Waals surface area (Å²) in [6.45, 7) is 12.3. The molecule has 8 aromatic carbocycles. The lowest BCUT2D eigenvalue weighted by Gasteiger charge is -2.31. The highest BCUT2D eigenvalue weighted by Crippen LogP contribution is 2.50. The number of nitrogens with one attached hydrogen (secondary N) is 6. The second-order valence-corrected chi connectivity index (χ2v) is 27.4. The molecule has 13 rings (SSSR count). The van der Waals surface area contributed by atoms with Crippen LogP contribution in [0.2, 0.25) is 0 Å². The van der Waals surface area contributed by atoms with Crippen LogP contribution in [0.4, 0.5) is 4.79 Å². The SMILES string of the molecule is C.COC(=O)C1CC(=O)NC1c1ccccc1C.COC(=O)[C@@]1(Sc2ccc(C)cc2)CC(=O)NC1c1ccccc1C.Cc1ccccc1C1NC(=O)C[C@@H]1C(=O)O.Cc1ccccc1C1NC(=O)C[C@@H]1N.Cc1ccccc1[C@H]1NC(=O)C[C@@H]1NC(=O)OCc1ccccc1.OCc1ccccc1. The first-order valence-electron chi connectivity index (χ1n) is 34.2. The number of benzene rings is 8. The highest BCUT2D eigenvalue weighted by molar-refractivity contribution is 8.01. The number of methoxy groups -OCH3 is 2. The van der Waals surface area contributed by atoms with Crippen molar-refractivity contribution in [2.45, 2.75) is 146 Å². The number of alkyl carbamates (subject to hydrolysis) is 1. The van der Waals surface area contributed by atoms with Crippen LogP contribution < -0.4 is 37.6 Å². The van der Waals surface area contributed by atoms with Gasteiger partial charge in [0, 0.05) is 36.6 Å². The molecule has 5 heterocycles. The van der Waals surface area contributed by atoms with Crippen LogP contribution in [0.5, 0.6) is 0 Å². The first-order chi connectivity index (χ1) is 49.9. The first kappa shape index (κ1) is 81.4. The molecule has 5 saturated heterocycles. The summed E-state index contributed by atoms with van der Waals surface area (Å²) >= 11 is 1.40. The van der Waals surface area contributed by atoms with E-state index in [0.717, 1.165) is 71.7 Å². The summed E-state index contributed by atoms with van der Waals surface area (Å²) in [4.78, 5) is 106. The lowest BCUT2D eigenvalue weighted by Crippen LogP contribution is -2.41. The Morgan fingerprint density at radius 3 is 1.31 bits per heavy atom. The van der Waals surface area contributed by atoms with Crippen LogP contribution in [-0.4, -0.2) is 94.8 Å². The number of esters is 2. The Balaban J connectivity index is 0.000000181. The molecule has 105 heavy (non-hydrogen) atoms. The van der Waals surface area contributed by atoms with Gasteiger partial charge in [0.2, 0.25) is 29.5 Å². The minimum Gasteiger partial charge on any atom is -0.481 e. The number of nitrogens with two attached hydrogens (primary N) is 1. The predicted molar refractivity (Wildman–Crippen MR) is 402 cm³/mol. The fourth-order valence-corrected chi connectivity index (χ4v) is 14.4. The molecule has 0 aromatic heterocycles. The van der Waals surface area contributed by atoms with Gasteiger partial charge in [-0.25, -0.2) is 4.79 Å². The molecular formula is C83H95N7O14S. The third-order valence-electron chi connectivity index (χ3n) is 18.5. The fraction of sp³-hybridized carbons (Fsp3) is 0.313. The van der Waals surface area contributed by atoms with Crippen molar-refractivity contribution in [1.29, 1.82) is 0 Å². The molecule has 6 amide bonds. The molecule has 0 radical (unpaired) electrons. The van der Waals surface area contributed by atoms with Gasteiger partial charge in [-0.15, -0.1) is 11.8 Å². The number of carbonyl (C=O) groups excluding carboxylic acids is 8. The number of amides is 6. The maximum absolute atomic E-state index is 12.8. The molecule has 10 atom stereocenters. The summed E-state index contributed by atoms with van der Waals surface area (Å²) in [5, 5.41) is 34.8. The number of aliphatic hydroxyl groups excluding tert-OH is 1. The number of hydrogen-bond donors (Lipinski definition) is 9. The van der Waals surface area contributed by atoms with Crippen LogP contribution >= 0.6 is 11.8 Å². The Morgan fingerprint density at radius 1 is 0.476 bits per heavy atom. The molecule has 10 N–H and O–H groups in total. The summed E-state index contributed by atoms with van der Waals surface area (Å²) in [6, 6.07) is 64.1. The summed E-state index contributed by atoms with van der Waals surface area (Å²) < 4.78 is 14.1. The topological polar surface area (TPSA) is 320 Å². The quantitative estimate of drug-likeness (QED) is 0.0361. The number of aliphatic hydroxyl groups is 1. The molecule has 5 aliphatic heterocycles. The van der Waals surface area contributed by atoms with Gasteiger partial charge in [-0.2, -0.15) is 0 Å². The first-order valence-corrected chi connectivity index (χ1v) is 35.0. The third kappa shape index (κ3) is 22.1. The van der Waals surface area contributed by atoms with E-state index in [1.807, 2.05) is 248 Å². The average Bonchev–Trinajstić information content (AvgIpc) is 1.63. The lowest BCUT2D eigenvalue weighted by molar-refractivity contribution is -0.146. The third-order valence-corrected chi connectivity index (χ3v) is 20.0. The van der Waals surface area contributed by atoms with E-state index in [0.29, 0.717) is 6.42 Å². The Labute approximate surface area is 618 Å². The van der Waals surface area contributed by atoms with E-state index in [4.69, 9.17) is 30.2 Å². The van der Waals surface area contributed by atoms with Crippen molar-refractivity contribution in [2.24, 2.45) is 17.6 Å². The summed E-state index contributed by atoms with van der Waals surface area (Å²) in [5.41, 5.74) is 19.2. The minimum absolute atomic E-state index is 0. The van der Waals surface area contributed by atoms with Crippen LogP contribution in [0, 0.1) is 53.4 Å².